The summed E-state index contributed by atoms with van der Waals surface area (Å²) < 4.78 is 20.7. The first-order chi connectivity index (χ1) is 12.5. The van der Waals surface area contributed by atoms with Gasteiger partial charge in [-0.3, -0.25) is 4.79 Å². The van der Waals surface area contributed by atoms with Crippen molar-refractivity contribution in [2.24, 2.45) is 0 Å². The minimum atomic E-state index is -0.885. The van der Waals surface area contributed by atoms with Crippen LogP contribution in [-0.4, -0.2) is 17.1 Å². The standard InChI is InChI=1S/C20H23ClFNO3/c1-3-13(12-18(24)25)23-17(4-2)15-10-11-16(21)20(19(15)22)26-14-8-6-5-7-9-14/h5-11,13,17,23H,3-4,12H2,1-2H3,(H,24,25)/t13-,17+/m0/s1. The maximum atomic E-state index is 15.1. The molecule has 2 rings (SSSR count). The second kappa shape index (κ2) is 9.55. The average molecular weight is 380 g/mol. The lowest BCUT2D eigenvalue weighted by Crippen LogP contribution is -2.34. The summed E-state index contributed by atoms with van der Waals surface area (Å²) in [6, 6.07) is 11.5. The van der Waals surface area contributed by atoms with Gasteiger partial charge < -0.3 is 15.2 Å². The Morgan fingerprint density at radius 2 is 1.88 bits per heavy atom. The summed E-state index contributed by atoms with van der Waals surface area (Å²) in [6.45, 7) is 3.81. The van der Waals surface area contributed by atoms with Crippen LogP contribution >= 0.6 is 11.6 Å². The largest absolute Gasteiger partial charge is 0.481 e. The molecule has 0 saturated carbocycles. The SMILES string of the molecule is CC[C@@H](CC(=O)O)N[C@H](CC)c1ccc(Cl)c(Oc2ccccc2)c1F. The quantitative estimate of drug-likeness (QED) is 0.598. The van der Waals surface area contributed by atoms with E-state index in [1.54, 1.807) is 36.4 Å². The molecule has 0 aliphatic carbocycles. The van der Waals surface area contributed by atoms with Crippen molar-refractivity contribution in [3.05, 3.63) is 58.9 Å². The molecule has 0 radical (unpaired) electrons. The number of benzene rings is 2. The fourth-order valence-corrected chi connectivity index (χ4v) is 2.95. The zero-order valence-corrected chi connectivity index (χ0v) is 15.6. The van der Waals surface area contributed by atoms with Crippen LogP contribution in [0.25, 0.3) is 0 Å². The van der Waals surface area contributed by atoms with Crippen LogP contribution in [-0.2, 0) is 4.79 Å². The van der Waals surface area contributed by atoms with Crippen LogP contribution < -0.4 is 10.1 Å². The van der Waals surface area contributed by atoms with Gasteiger partial charge in [0, 0.05) is 17.6 Å². The van der Waals surface area contributed by atoms with Gasteiger partial charge in [0.25, 0.3) is 0 Å². The van der Waals surface area contributed by atoms with Crippen molar-refractivity contribution >= 4 is 17.6 Å². The van der Waals surface area contributed by atoms with E-state index in [-0.39, 0.29) is 29.3 Å². The Balaban J connectivity index is 2.29. The third-order valence-corrected chi connectivity index (χ3v) is 4.47. The smallest absolute Gasteiger partial charge is 0.304 e. The number of hydrogen-bond acceptors (Lipinski definition) is 3. The van der Waals surface area contributed by atoms with Crippen molar-refractivity contribution in [2.45, 2.75) is 45.2 Å². The minimum absolute atomic E-state index is 0.0183. The Morgan fingerprint density at radius 3 is 2.46 bits per heavy atom. The predicted octanol–water partition coefficient (Wildman–Crippen LogP) is 5.57. The molecule has 0 aliphatic heterocycles. The van der Waals surface area contributed by atoms with Gasteiger partial charge in [-0.2, -0.15) is 0 Å². The van der Waals surface area contributed by atoms with Crippen LogP contribution in [0, 0.1) is 5.82 Å². The summed E-state index contributed by atoms with van der Waals surface area (Å²) >= 11 is 6.14. The highest BCUT2D eigenvalue weighted by Gasteiger charge is 2.23. The van der Waals surface area contributed by atoms with E-state index in [1.165, 1.54) is 0 Å². The number of rotatable bonds is 9. The number of aliphatic carboxylic acids is 1. The molecule has 140 valence electrons. The van der Waals surface area contributed by atoms with Gasteiger partial charge in [-0.1, -0.05) is 49.7 Å². The van der Waals surface area contributed by atoms with Crippen molar-refractivity contribution in [1.82, 2.24) is 5.32 Å². The van der Waals surface area contributed by atoms with Gasteiger partial charge in [-0.15, -0.1) is 0 Å². The van der Waals surface area contributed by atoms with Crippen LogP contribution in [0.2, 0.25) is 5.02 Å². The number of hydrogen-bond donors (Lipinski definition) is 2. The normalized spacial score (nSPS) is 13.2. The Kier molecular flexibility index (Phi) is 7.42. The zero-order valence-electron chi connectivity index (χ0n) is 14.8. The van der Waals surface area contributed by atoms with Gasteiger partial charge in [0.05, 0.1) is 11.4 Å². The first-order valence-corrected chi connectivity index (χ1v) is 9.02. The maximum Gasteiger partial charge on any atom is 0.304 e. The molecule has 6 heteroatoms. The van der Waals surface area contributed by atoms with E-state index < -0.39 is 11.8 Å². The monoisotopic (exact) mass is 379 g/mol. The van der Waals surface area contributed by atoms with E-state index in [9.17, 15) is 4.79 Å². The Bertz CT molecular complexity index is 739. The molecule has 0 fully saturated rings. The number of carboxylic acids is 1. The van der Waals surface area contributed by atoms with Crippen LogP contribution in [0.1, 0.15) is 44.7 Å². The fraction of sp³-hybridized carbons (Fsp3) is 0.350. The van der Waals surface area contributed by atoms with Gasteiger partial charge >= 0.3 is 5.97 Å². The second-order valence-corrected chi connectivity index (χ2v) is 6.43. The van der Waals surface area contributed by atoms with Gasteiger partial charge in [-0.05, 0) is 31.0 Å². The molecule has 0 bridgehead atoms. The van der Waals surface area contributed by atoms with Crippen molar-refractivity contribution in [3.8, 4) is 11.5 Å². The Labute approximate surface area is 157 Å². The lowest BCUT2D eigenvalue weighted by atomic mass is 10.0. The average Bonchev–Trinajstić information content (AvgIpc) is 2.63. The highest BCUT2D eigenvalue weighted by atomic mass is 35.5. The van der Waals surface area contributed by atoms with Crippen molar-refractivity contribution in [1.29, 1.82) is 0 Å². The van der Waals surface area contributed by atoms with Gasteiger partial charge in [-0.25, -0.2) is 4.39 Å². The van der Waals surface area contributed by atoms with E-state index in [1.807, 2.05) is 19.9 Å². The van der Waals surface area contributed by atoms with E-state index in [4.69, 9.17) is 21.4 Å². The predicted molar refractivity (Wildman–Crippen MR) is 100 cm³/mol. The molecule has 0 spiro atoms. The Morgan fingerprint density at radius 1 is 1.19 bits per heavy atom. The molecule has 0 heterocycles. The topological polar surface area (TPSA) is 58.6 Å². The van der Waals surface area contributed by atoms with Gasteiger partial charge in [0.2, 0.25) is 0 Å². The number of halogens is 2. The summed E-state index contributed by atoms with van der Waals surface area (Å²) in [5.74, 6) is -0.958. The molecule has 0 saturated heterocycles. The van der Waals surface area contributed by atoms with Crippen LogP contribution in [0.4, 0.5) is 4.39 Å². The maximum absolute atomic E-state index is 15.1. The highest BCUT2D eigenvalue weighted by Crippen LogP contribution is 2.36. The van der Waals surface area contributed by atoms with E-state index in [0.717, 1.165) is 0 Å². The van der Waals surface area contributed by atoms with Crippen molar-refractivity contribution in [2.75, 3.05) is 0 Å². The molecule has 0 aromatic heterocycles. The Hall–Kier alpha value is -2.11. The molecule has 2 aromatic rings. The van der Waals surface area contributed by atoms with E-state index >= 15 is 4.39 Å². The van der Waals surface area contributed by atoms with Crippen molar-refractivity contribution < 1.29 is 19.0 Å². The summed E-state index contributed by atoms with van der Waals surface area (Å²) in [6.07, 6.45) is 1.21. The first-order valence-electron chi connectivity index (χ1n) is 8.64. The van der Waals surface area contributed by atoms with Crippen molar-refractivity contribution in [3.63, 3.8) is 0 Å². The summed E-state index contributed by atoms with van der Waals surface area (Å²) in [4.78, 5) is 11.0. The highest BCUT2D eigenvalue weighted by molar-refractivity contribution is 6.32. The lowest BCUT2D eigenvalue weighted by Gasteiger charge is -2.25. The molecular weight excluding hydrogens is 357 g/mol. The zero-order chi connectivity index (χ0) is 19.1. The number of carbonyl (C=O) groups is 1. The second-order valence-electron chi connectivity index (χ2n) is 6.03. The number of carboxylic acid groups (broad SMARTS) is 1. The van der Waals surface area contributed by atoms with E-state index in [2.05, 4.69) is 5.32 Å². The number of para-hydroxylation sites is 1. The van der Waals surface area contributed by atoms with E-state index in [0.29, 0.717) is 24.2 Å². The first kappa shape index (κ1) is 20.2. The third-order valence-electron chi connectivity index (χ3n) is 4.18. The molecule has 0 aliphatic rings. The summed E-state index contributed by atoms with van der Waals surface area (Å²) in [5.41, 5.74) is 0.409. The summed E-state index contributed by atoms with van der Waals surface area (Å²) in [5, 5.41) is 12.4. The molecule has 2 N–H and O–H groups in total. The minimum Gasteiger partial charge on any atom is -0.481 e. The molecule has 26 heavy (non-hydrogen) atoms. The molecular formula is C20H23ClFNO3. The third kappa shape index (κ3) is 5.19. The molecule has 2 atom stereocenters. The van der Waals surface area contributed by atoms with Gasteiger partial charge in [0.1, 0.15) is 5.75 Å². The molecule has 0 amide bonds. The van der Waals surface area contributed by atoms with Crippen LogP contribution in [0.15, 0.2) is 42.5 Å². The van der Waals surface area contributed by atoms with Gasteiger partial charge in [0.15, 0.2) is 11.6 Å². The molecule has 4 nitrogen and oxygen atoms in total. The number of nitrogens with one attached hydrogen (secondary N) is 1. The number of ether oxygens (including phenoxy) is 1. The lowest BCUT2D eigenvalue weighted by molar-refractivity contribution is -0.137. The molecule has 0 unspecified atom stereocenters. The summed E-state index contributed by atoms with van der Waals surface area (Å²) in [7, 11) is 0. The van der Waals surface area contributed by atoms with Crippen LogP contribution in [0.3, 0.4) is 0 Å². The van der Waals surface area contributed by atoms with Crippen LogP contribution in [0.5, 0.6) is 11.5 Å². The molecule has 2 aromatic carbocycles. The fourth-order valence-electron chi connectivity index (χ4n) is 2.76.